The molecular weight excluding hydrogens is 252 g/mol. The highest BCUT2D eigenvalue weighted by atomic mass is 32.1. The SMILES string of the molecule is C=C/C=C\C=C1/Cc2cc(O)ccc2-c2sccc21. The third kappa shape index (κ3) is 2.15. The molecule has 0 aliphatic heterocycles. The topological polar surface area (TPSA) is 20.2 Å². The normalized spacial score (nSPS) is 15.5. The van der Waals surface area contributed by atoms with Crippen LogP contribution in [0.1, 0.15) is 11.1 Å². The van der Waals surface area contributed by atoms with Gasteiger partial charge in [0.1, 0.15) is 5.75 Å². The summed E-state index contributed by atoms with van der Waals surface area (Å²) in [6.45, 7) is 3.68. The van der Waals surface area contributed by atoms with Crippen molar-refractivity contribution in [2.45, 2.75) is 6.42 Å². The summed E-state index contributed by atoms with van der Waals surface area (Å²) in [5.41, 5.74) is 5.02. The quantitative estimate of drug-likeness (QED) is 0.774. The average Bonchev–Trinajstić information content (AvgIpc) is 2.88. The van der Waals surface area contributed by atoms with Crippen molar-refractivity contribution in [1.29, 1.82) is 0 Å². The van der Waals surface area contributed by atoms with E-state index in [1.807, 2.05) is 24.3 Å². The molecule has 2 aromatic rings. The summed E-state index contributed by atoms with van der Waals surface area (Å²) in [4.78, 5) is 1.29. The Balaban J connectivity index is 2.13. The standard InChI is InChI=1S/C17H14OS/c1-2-3-4-5-12-10-13-11-14(18)6-7-15(13)17-16(12)8-9-19-17/h2-9,11,18H,1,10H2/b4-3-,12-5+. The molecule has 0 spiro atoms. The highest BCUT2D eigenvalue weighted by molar-refractivity contribution is 7.14. The van der Waals surface area contributed by atoms with Crippen LogP contribution in [0.25, 0.3) is 16.0 Å². The molecule has 0 saturated heterocycles. The number of rotatable bonds is 2. The molecular formula is C17H14OS. The van der Waals surface area contributed by atoms with E-state index in [0.717, 1.165) is 6.42 Å². The highest BCUT2D eigenvalue weighted by Gasteiger charge is 2.20. The number of aromatic hydroxyl groups is 1. The van der Waals surface area contributed by atoms with E-state index in [-0.39, 0.29) is 0 Å². The van der Waals surface area contributed by atoms with Crippen LogP contribution in [0.3, 0.4) is 0 Å². The van der Waals surface area contributed by atoms with Crippen molar-refractivity contribution in [3.8, 4) is 16.2 Å². The summed E-state index contributed by atoms with van der Waals surface area (Å²) >= 11 is 1.75. The van der Waals surface area contributed by atoms with Crippen LogP contribution in [-0.4, -0.2) is 5.11 Å². The minimum atomic E-state index is 0.333. The Morgan fingerprint density at radius 3 is 2.89 bits per heavy atom. The lowest BCUT2D eigenvalue weighted by atomic mass is 9.87. The summed E-state index contributed by atoms with van der Waals surface area (Å²) in [5.74, 6) is 0.333. The molecule has 2 heteroatoms. The number of benzene rings is 1. The van der Waals surface area contributed by atoms with Gasteiger partial charge in [-0.2, -0.15) is 0 Å². The Labute approximate surface area is 116 Å². The fourth-order valence-corrected chi connectivity index (χ4v) is 3.41. The van der Waals surface area contributed by atoms with Crippen LogP contribution < -0.4 is 0 Å². The second-order valence-corrected chi connectivity index (χ2v) is 5.41. The highest BCUT2D eigenvalue weighted by Crippen LogP contribution is 2.43. The van der Waals surface area contributed by atoms with Crippen LogP contribution in [0.15, 0.2) is 60.5 Å². The summed E-state index contributed by atoms with van der Waals surface area (Å²) < 4.78 is 0. The predicted molar refractivity (Wildman–Crippen MR) is 82.4 cm³/mol. The molecule has 19 heavy (non-hydrogen) atoms. The molecule has 3 rings (SSSR count). The summed E-state index contributed by atoms with van der Waals surface area (Å²) in [6, 6.07) is 7.80. The molecule has 1 heterocycles. The molecule has 0 atom stereocenters. The number of thiophene rings is 1. The smallest absolute Gasteiger partial charge is 0.115 e. The molecule has 1 aromatic carbocycles. The molecule has 94 valence electrons. The lowest BCUT2D eigenvalue weighted by Gasteiger charge is -2.19. The Bertz CT molecular complexity index is 689. The maximum Gasteiger partial charge on any atom is 0.115 e. The molecule has 0 saturated carbocycles. The summed E-state index contributed by atoms with van der Waals surface area (Å²) in [6.07, 6.45) is 8.69. The molecule has 0 radical (unpaired) electrons. The van der Waals surface area contributed by atoms with Gasteiger partial charge in [-0.1, -0.05) is 30.9 Å². The van der Waals surface area contributed by atoms with Crippen LogP contribution in [-0.2, 0) is 6.42 Å². The van der Waals surface area contributed by atoms with Gasteiger partial charge in [-0.3, -0.25) is 0 Å². The molecule has 0 bridgehead atoms. The van der Waals surface area contributed by atoms with Crippen molar-refractivity contribution in [3.63, 3.8) is 0 Å². The second-order valence-electron chi connectivity index (χ2n) is 4.49. The number of allylic oxidation sites excluding steroid dienone is 5. The van der Waals surface area contributed by atoms with Gasteiger partial charge >= 0.3 is 0 Å². The van der Waals surface area contributed by atoms with Gasteiger partial charge in [0, 0.05) is 4.88 Å². The van der Waals surface area contributed by atoms with Gasteiger partial charge in [0.05, 0.1) is 0 Å². The Kier molecular flexibility index (Phi) is 3.10. The van der Waals surface area contributed by atoms with Crippen LogP contribution in [0, 0.1) is 0 Å². The number of fused-ring (bicyclic) bond motifs is 3. The van der Waals surface area contributed by atoms with Crippen molar-refractivity contribution in [1.82, 2.24) is 0 Å². The Hall–Kier alpha value is -2.06. The summed E-state index contributed by atoms with van der Waals surface area (Å²) in [5, 5.41) is 11.8. The zero-order valence-electron chi connectivity index (χ0n) is 10.5. The average molecular weight is 266 g/mol. The van der Waals surface area contributed by atoms with E-state index in [9.17, 15) is 5.11 Å². The number of hydrogen-bond acceptors (Lipinski definition) is 2. The van der Waals surface area contributed by atoms with E-state index in [4.69, 9.17) is 0 Å². The maximum absolute atomic E-state index is 9.64. The first-order valence-electron chi connectivity index (χ1n) is 6.18. The van der Waals surface area contributed by atoms with E-state index in [2.05, 4.69) is 24.1 Å². The summed E-state index contributed by atoms with van der Waals surface area (Å²) in [7, 11) is 0. The Morgan fingerprint density at radius 2 is 2.05 bits per heavy atom. The van der Waals surface area contributed by atoms with Gasteiger partial charge in [-0.25, -0.2) is 0 Å². The zero-order chi connectivity index (χ0) is 13.2. The van der Waals surface area contributed by atoms with Gasteiger partial charge in [-0.05, 0) is 58.3 Å². The first-order valence-corrected chi connectivity index (χ1v) is 7.06. The van der Waals surface area contributed by atoms with Gasteiger partial charge in [-0.15, -0.1) is 11.3 Å². The molecule has 1 N–H and O–H groups in total. The minimum Gasteiger partial charge on any atom is -0.508 e. The van der Waals surface area contributed by atoms with Gasteiger partial charge in [0.25, 0.3) is 0 Å². The second kappa shape index (κ2) is 4.90. The third-order valence-corrected chi connectivity index (χ3v) is 4.22. The maximum atomic E-state index is 9.64. The molecule has 0 fully saturated rings. The van der Waals surface area contributed by atoms with Crippen molar-refractivity contribution in [2.24, 2.45) is 0 Å². The van der Waals surface area contributed by atoms with Gasteiger partial charge in [0.15, 0.2) is 0 Å². The lowest BCUT2D eigenvalue weighted by molar-refractivity contribution is 0.475. The number of phenolic OH excluding ortho intramolecular Hbond substituents is 1. The molecule has 1 aliphatic rings. The van der Waals surface area contributed by atoms with E-state index in [1.165, 1.54) is 27.1 Å². The van der Waals surface area contributed by atoms with Gasteiger partial charge < -0.3 is 5.11 Å². The fourth-order valence-electron chi connectivity index (χ4n) is 2.42. The Morgan fingerprint density at radius 1 is 1.16 bits per heavy atom. The molecule has 1 aliphatic carbocycles. The van der Waals surface area contributed by atoms with E-state index in [0.29, 0.717) is 5.75 Å². The fraction of sp³-hybridized carbons (Fsp3) is 0.0588. The van der Waals surface area contributed by atoms with Gasteiger partial charge in [0.2, 0.25) is 0 Å². The number of phenols is 1. The van der Waals surface area contributed by atoms with Crippen molar-refractivity contribution in [2.75, 3.05) is 0 Å². The predicted octanol–water partition coefficient (Wildman–Crippen LogP) is 4.80. The van der Waals surface area contributed by atoms with E-state index >= 15 is 0 Å². The van der Waals surface area contributed by atoms with E-state index < -0.39 is 0 Å². The van der Waals surface area contributed by atoms with Crippen molar-refractivity contribution >= 4 is 16.9 Å². The minimum absolute atomic E-state index is 0.333. The first-order chi connectivity index (χ1) is 9.29. The van der Waals surface area contributed by atoms with Crippen LogP contribution in [0.2, 0.25) is 0 Å². The molecule has 1 aromatic heterocycles. The number of hydrogen-bond donors (Lipinski definition) is 1. The van der Waals surface area contributed by atoms with Crippen LogP contribution >= 0.6 is 11.3 Å². The van der Waals surface area contributed by atoms with E-state index in [1.54, 1.807) is 23.5 Å². The monoisotopic (exact) mass is 266 g/mol. The van der Waals surface area contributed by atoms with Crippen LogP contribution in [0.5, 0.6) is 5.75 Å². The molecule has 0 amide bonds. The lowest BCUT2D eigenvalue weighted by Crippen LogP contribution is -2.00. The molecule has 0 unspecified atom stereocenters. The molecule has 1 nitrogen and oxygen atoms in total. The van der Waals surface area contributed by atoms with Crippen LogP contribution in [0.4, 0.5) is 0 Å². The van der Waals surface area contributed by atoms with Crippen molar-refractivity contribution in [3.05, 3.63) is 71.7 Å². The largest absolute Gasteiger partial charge is 0.508 e. The zero-order valence-corrected chi connectivity index (χ0v) is 11.3. The third-order valence-electron chi connectivity index (χ3n) is 3.27. The van der Waals surface area contributed by atoms with Crippen molar-refractivity contribution < 1.29 is 5.11 Å². The first kappa shape index (κ1) is 12.0.